The second-order valence-electron chi connectivity index (χ2n) is 7.35. The first kappa shape index (κ1) is 17.3. The van der Waals surface area contributed by atoms with Crippen LogP contribution in [0, 0.1) is 15.9 Å². The molecule has 0 spiro atoms. The summed E-state index contributed by atoms with van der Waals surface area (Å²) >= 11 is 0. The summed E-state index contributed by atoms with van der Waals surface area (Å²) in [5, 5.41) is 14.2. The SMILES string of the molecule is CC(C)(C)c1nc2c(cc1Nc1cc(F)cnc1[N+](=O)[O-])CCCC2. The summed E-state index contributed by atoms with van der Waals surface area (Å²) in [6.45, 7) is 6.11. The van der Waals surface area contributed by atoms with Gasteiger partial charge in [-0.2, -0.15) is 0 Å². The van der Waals surface area contributed by atoms with Crippen molar-refractivity contribution >= 4 is 17.2 Å². The molecule has 0 fully saturated rings. The van der Waals surface area contributed by atoms with E-state index < -0.39 is 16.6 Å². The molecule has 0 amide bonds. The highest BCUT2D eigenvalue weighted by atomic mass is 19.1. The molecular weight excluding hydrogens is 323 g/mol. The molecule has 0 aromatic carbocycles. The Balaban J connectivity index is 2.11. The average Bonchev–Trinajstić information content (AvgIpc) is 2.53. The van der Waals surface area contributed by atoms with E-state index >= 15 is 0 Å². The maximum Gasteiger partial charge on any atom is 0.387 e. The number of anilines is 2. The van der Waals surface area contributed by atoms with E-state index in [1.54, 1.807) is 0 Å². The number of hydrogen-bond acceptors (Lipinski definition) is 5. The van der Waals surface area contributed by atoms with Crippen molar-refractivity contribution in [2.45, 2.75) is 51.9 Å². The number of aromatic nitrogens is 2. The molecule has 0 unspecified atom stereocenters. The van der Waals surface area contributed by atoms with Crippen molar-refractivity contribution < 1.29 is 9.31 Å². The number of aryl methyl sites for hydroxylation is 2. The molecule has 0 saturated heterocycles. The summed E-state index contributed by atoms with van der Waals surface area (Å²) in [5.41, 5.74) is 3.50. The molecule has 1 aliphatic carbocycles. The van der Waals surface area contributed by atoms with Crippen molar-refractivity contribution in [3.8, 4) is 0 Å². The molecule has 2 heterocycles. The molecule has 132 valence electrons. The predicted molar refractivity (Wildman–Crippen MR) is 93.7 cm³/mol. The summed E-state index contributed by atoms with van der Waals surface area (Å²) in [6, 6.07) is 3.09. The summed E-state index contributed by atoms with van der Waals surface area (Å²) in [6.07, 6.45) is 4.95. The van der Waals surface area contributed by atoms with E-state index in [4.69, 9.17) is 4.98 Å². The molecule has 25 heavy (non-hydrogen) atoms. The second-order valence-corrected chi connectivity index (χ2v) is 7.35. The van der Waals surface area contributed by atoms with E-state index in [1.165, 1.54) is 0 Å². The van der Waals surface area contributed by atoms with E-state index in [0.29, 0.717) is 5.69 Å². The standard InChI is InChI=1S/C18H21FN4O2/c1-18(2,3)16-14(8-11-6-4-5-7-13(11)22-16)21-15-9-12(19)10-20-17(15)23(24)25/h8-10,21H,4-7H2,1-3H3. The van der Waals surface area contributed by atoms with Gasteiger partial charge in [-0.05, 0) is 47.2 Å². The molecular formula is C18H21FN4O2. The molecule has 0 aliphatic heterocycles. The molecule has 1 N–H and O–H groups in total. The number of pyridine rings is 2. The van der Waals surface area contributed by atoms with Crippen LogP contribution in [0.1, 0.15) is 50.6 Å². The monoisotopic (exact) mass is 344 g/mol. The van der Waals surface area contributed by atoms with Crippen LogP contribution in [-0.4, -0.2) is 14.9 Å². The van der Waals surface area contributed by atoms with Crippen LogP contribution >= 0.6 is 0 Å². The van der Waals surface area contributed by atoms with Crippen LogP contribution in [0.3, 0.4) is 0 Å². The first-order valence-electron chi connectivity index (χ1n) is 8.36. The molecule has 1 aliphatic rings. The minimum atomic E-state index is -0.628. The van der Waals surface area contributed by atoms with Gasteiger partial charge in [-0.15, -0.1) is 0 Å². The zero-order valence-corrected chi connectivity index (χ0v) is 14.6. The van der Waals surface area contributed by atoms with Crippen LogP contribution in [-0.2, 0) is 18.3 Å². The lowest BCUT2D eigenvalue weighted by Gasteiger charge is -2.26. The van der Waals surface area contributed by atoms with Crippen LogP contribution in [0.25, 0.3) is 0 Å². The Bertz CT molecular complexity index is 831. The summed E-state index contributed by atoms with van der Waals surface area (Å²) < 4.78 is 13.6. The van der Waals surface area contributed by atoms with Crippen LogP contribution in [0.4, 0.5) is 21.6 Å². The van der Waals surface area contributed by atoms with Gasteiger partial charge in [-0.25, -0.2) is 4.39 Å². The third-order valence-electron chi connectivity index (χ3n) is 4.29. The Morgan fingerprint density at radius 2 is 1.92 bits per heavy atom. The van der Waals surface area contributed by atoms with Gasteiger partial charge in [0, 0.05) is 17.2 Å². The highest BCUT2D eigenvalue weighted by Gasteiger charge is 2.25. The molecule has 7 heteroatoms. The van der Waals surface area contributed by atoms with Gasteiger partial charge in [0.25, 0.3) is 0 Å². The van der Waals surface area contributed by atoms with Gasteiger partial charge in [0.1, 0.15) is 5.69 Å². The number of hydrogen-bond donors (Lipinski definition) is 1. The first-order chi connectivity index (χ1) is 11.8. The average molecular weight is 344 g/mol. The van der Waals surface area contributed by atoms with E-state index in [1.807, 2.05) is 26.8 Å². The van der Waals surface area contributed by atoms with Gasteiger partial charge < -0.3 is 15.4 Å². The number of nitrogens with zero attached hydrogens (tertiary/aromatic N) is 3. The van der Waals surface area contributed by atoms with Crippen LogP contribution < -0.4 is 5.32 Å². The molecule has 0 atom stereocenters. The Hall–Kier alpha value is -2.57. The normalized spacial score (nSPS) is 14.1. The third kappa shape index (κ3) is 3.60. The van der Waals surface area contributed by atoms with E-state index in [2.05, 4.69) is 10.3 Å². The van der Waals surface area contributed by atoms with Gasteiger partial charge >= 0.3 is 5.82 Å². The first-order valence-corrected chi connectivity index (χ1v) is 8.36. The minimum absolute atomic E-state index is 0.0352. The van der Waals surface area contributed by atoms with Crippen molar-refractivity contribution in [2.75, 3.05) is 5.32 Å². The molecule has 0 radical (unpaired) electrons. The minimum Gasteiger partial charge on any atom is -0.358 e. The van der Waals surface area contributed by atoms with Crippen molar-refractivity contribution in [1.82, 2.24) is 9.97 Å². The van der Waals surface area contributed by atoms with Gasteiger partial charge in [0.2, 0.25) is 0 Å². The smallest absolute Gasteiger partial charge is 0.358 e. The molecule has 3 rings (SSSR count). The number of fused-ring (bicyclic) bond motifs is 1. The predicted octanol–water partition coefficient (Wildman–Crippen LogP) is 4.44. The molecule has 2 aromatic rings. The third-order valence-corrected chi connectivity index (χ3v) is 4.29. The van der Waals surface area contributed by atoms with Crippen molar-refractivity contribution in [3.63, 3.8) is 0 Å². The number of halogens is 1. The Labute approximate surface area is 145 Å². The fourth-order valence-corrected chi connectivity index (χ4v) is 3.12. The van der Waals surface area contributed by atoms with E-state index in [0.717, 1.165) is 54.9 Å². The Morgan fingerprint density at radius 1 is 1.20 bits per heavy atom. The van der Waals surface area contributed by atoms with E-state index in [9.17, 15) is 14.5 Å². The Kier molecular flexibility index (Phi) is 4.41. The largest absolute Gasteiger partial charge is 0.387 e. The summed E-state index contributed by atoms with van der Waals surface area (Å²) in [7, 11) is 0. The summed E-state index contributed by atoms with van der Waals surface area (Å²) in [5.74, 6) is -1.03. The van der Waals surface area contributed by atoms with Crippen LogP contribution in [0.5, 0.6) is 0 Å². The van der Waals surface area contributed by atoms with Gasteiger partial charge in [-0.3, -0.25) is 4.98 Å². The second kappa shape index (κ2) is 6.38. The lowest BCUT2D eigenvalue weighted by atomic mass is 9.87. The zero-order valence-electron chi connectivity index (χ0n) is 14.6. The number of rotatable bonds is 3. The van der Waals surface area contributed by atoms with Crippen LogP contribution in [0.15, 0.2) is 18.3 Å². The topological polar surface area (TPSA) is 81.0 Å². The van der Waals surface area contributed by atoms with Crippen molar-refractivity contribution in [3.05, 3.63) is 51.2 Å². The molecule has 2 aromatic heterocycles. The highest BCUT2D eigenvalue weighted by Crippen LogP contribution is 2.35. The van der Waals surface area contributed by atoms with Gasteiger partial charge in [-0.1, -0.05) is 20.8 Å². The lowest BCUT2D eigenvalue weighted by molar-refractivity contribution is -0.388. The molecule has 6 nitrogen and oxygen atoms in total. The number of nitrogens with one attached hydrogen (secondary N) is 1. The maximum atomic E-state index is 13.6. The Morgan fingerprint density at radius 3 is 2.60 bits per heavy atom. The van der Waals surface area contributed by atoms with E-state index in [-0.39, 0.29) is 11.1 Å². The molecule has 0 bridgehead atoms. The van der Waals surface area contributed by atoms with Crippen LogP contribution in [0.2, 0.25) is 0 Å². The highest BCUT2D eigenvalue weighted by molar-refractivity contribution is 5.69. The quantitative estimate of drug-likeness (QED) is 0.657. The summed E-state index contributed by atoms with van der Waals surface area (Å²) in [4.78, 5) is 19.0. The lowest BCUT2D eigenvalue weighted by Crippen LogP contribution is -2.19. The fourth-order valence-electron chi connectivity index (χ4n) is 3.12. The van der Waals surface area contributed by atoms with Gasteiger partial charge in [0.05, 0.1) is 11.4 Å². The van der Waals surface area contributed by atoms with Crippen molar-refractivity contribution in [2.24, 2.45) is 0 Å². The number of nitro groups is 1. The molecule has 0 saturated carbocycles. The van der Waals surface area contributed by atoms with Crippen molar-refractivity contribution in [1.29, 1.82) is 0 Å². The maximum absolute atomic E-state index is 13.6. The zero-order chi connectivity index (χ0) is 18.2. The van der Waals surface area contributed by atoms with Gasteiger partial charge in [0.15, 0.2) is 12.0 Å². The fraction of sp³-hybridized carbons (Fsp3) is 0.444.